The fourth-order valence-corrected chi connectivity index (χ4v) is 1.74. The van der Waals surface area contributed by atoms with Gasteiger partial charge in [-0.2, -0.15) is 0 Å². The summed E-state index contributed by atoms with van der Waals surface area (Å²) in [6.07, 6.45) is 1.55. The molecule has 21 heavy (non-hydrogen) atoms. The van der Waals surface area contributed by atoms with Crippen molar-refractivity contribution in [3.8, 4) is 11.5 Å². The second-order valence-electron chi connectivity index (χ2n) is 4.26. The van der Waals surface area contributed by atoms with Gasteiger partial charge in [0.05, 0.1) is 19.8 Å². The van der Waals surface area contributed by atoms with Crippen LogP contribution in [-0.2, 0) is 4.79 Å². The molecule has 0 aliphatic carbocycles. The number of carboxylic acid groups (broad SMARTS) is 1. The number of hydrogen-bond acceptors (Lipinski definition) is 5. The topological polar surface area (TPSA) is 118 Å². The molecule has 1 aromatic rings. The van der Waals surface area contributed by atoms with Crippen molar-refractivity contribution in [3.05, 3.63) is 23.8 Å². The van der Waals surface area contributed by atoms with Gasteiger partial charge in [-0.1, -0.05) is 6.07 Å². The molecule has 7 nitrogen and oxygen atoms in total. The summed E-state index contributed by atoms with van der Waals surface area (Å²) < 4.78 is 10.5. The van der Waals surface area contributed by atoms with Crippen molar-refractivity contribution in [2.45, 2.75) is 18.9 Å². The van der Waals surface area contributed by atoms with Gasteiger partial charge in [0.1, 0.15) is 23.4 Å². The van der Waals surface area contributed by atoms with E-state index >= 15 is 0 Å². The van der Waals surface area contributed by atoms with Crippen LogP contribution in [-0.4, -0.2) is 43.4 Å². The second kappa shape index (κ2) is 7.88. The Bertz CT molecular complexity index is 521. The Hall–Kier alpha value is -2.57. The third-order valence-electron chi connectivity index (χ3n) is 2.84. The summed E-state index contributed by atoms with van der Waals surface area (Å²) in [5, 5.41) is 16.2. The number of nitrogens with one attached hydrogen (secondary N) is 1. The number of aliphatic imine (C=N–C) groups is 1. The lowest BCUT2D eigenvalue weighted by molar-refractivity contribution is -0.137. The second-order valence-corrected chi connectivity index (χ2v) is 4.26. The molecule has 0 spiro atoms. The lowest BCUT2D eigenvalue weighted by atomic mass is 10.1. The van der Waals surface area contributed by atoms with Gasteiger partial charge in [0.2, 0.25) is 0 Å². The highest BCUT2D eigenvalue weighted by molar-refractivity contribution is 5.91. The highest BCUT2D eigenvalue weighted by atomic mass is 16.5. The molecule has 0 aliphatic rings. The number of carboxylic acids is 1. The summed E-state index contributed by atoms with van der Waals surface area (Å²) in [6.45, 7) is 0. The van der Waals surface area contributed by atoms with Crippen LogP contribution in [0.15, 0.2) is 23.2 Å². The maximum atomic E-state index is 10.6. The maximum absolute atomic E-state index is 10.6. The first-order valence-electron chi connectivity index (χ1n) is 6.29. The van der Waals surface area contributed by atoms with Gasteiger partial charge in [-0.3, -0.25) is 15.2 Å². The van der Waals surface area contributed by atoms with Crippen LogP contribution in [0.2, 0.25) is 0 Å². The van der Waals surface area contributed by atoms with Gasteiger partial charge in [-0.05, 0) is 18.6 Å². The lowest BCUT2D eigenvalue weighted by Gasteiger charge is -2.12. The largest absolute Gasteiger partial charge is 0.496 e. The summed E-state index contributed by atoms with van der Waals surface area (Å²) in [4.78, 5) is 14.8. The van der Waals surface area contributed by atoms with Crippen LogP contribution in [0.3, 0.4) is 0 Å². The van der Waals surface area contributed by atoms with Gasteiger partial charge in [0, 0.05) is 12.6 Å². The van der Waals surface area contributed by atoms with Gasteiger partial charge in [0.25, 0.3) is 0 Å². The average Bonchev–Trinajstić information content (AvgIpc) is 2.46. The predicted molar refractivity (Wildman–Crippen MR) is 79.7 cm³/mol. The minimum Gasteiger partial charge on any atom is -0.496 e. The maximum Gasteiger partial charge on any atom is 0.303 e. The monoisotopic (exact) mass is 293 g/mol. The molecule has 1 aromatic carbocycles. The zero-order valence-electron chi connectivity index (χ0n) is 12.0. The molecular formula is C14H19N3O4. The third kappa shape index (κ3) is 4.79. The van der Waals surface area contributed by atoms with Crippen molar-refractivity contribution >= 4 is 18.0 Å². The molecule has 0 saturated heterocycles. The Labute approximate surface area is 122 Å². The smallest absolute Gasteiger partial charge is 0.303 e. The quantitative estimate of drug-likeness (QED) is 0.493. The number of ether oxygens (including phenoxy) is 2. The molecule has 7 heteroatoms. The van der Waals surface area contributed by atoms with Gasteiger partial charge < -0.3 is 20.3 Å². The van der Waals surface area contributed by atoms with E-state index in [4.69, 9.17) is 25.7 Å². The summed E-state index contributed by atoms with van der Waals surface area (Å²) in [7, 11) is 3.05. The molecule has 1 unspecified atom stereocenters. The highest BCUT2D eigenvalue weighted by Crippen LogP contribution is 2.26. The van der Waals surface area contributed by atoms with E-state index < -0.39 is 12.0 Å². The van der Waals surface area contributed by atoms with E-state index in [0.29, 0.717) is 17.1 Å². The van der Waals surface area contributed by atoms with Crippen molar-refractivity contribution in [2.24, 2.45) is 10.7 Å². The molecule has 114 valence electrons. The molecule has 0 aromatic heterocycles. The molecule has 0 fully saturated rings. The fourth-order valence-electron chi connectivity index (χ4n) is 1.74. The van der Waals surface area contributed by atoms with Crippen LogP contribution in [0.4, 0.5) is 0 Å². The van der Waals surface area contributed by atoms with Crippen LogP contribution in [0.5, 0.6) is 11.5 Å². The standard InChI is InChI=1S/C14H19N3O4/c1-20-11-4-3-5-12(21-2)9(11)8-17-10(14(15)16)6-7-13(18)19/h3-5,8,10H,6-7H2,1-2H3,(H3,15,16)(H,18,19). The molecule has 0 heterocycles. The van der Waals surface area contributed by atoms with Crippen molar-refractivity contribution in [2.75, 3.05) is 14.2 Å². The Morgan fingerprint density at radius 3 is 2.43 bits per heavy atom. The minimum atomic E-state index is -0.952. The normalized spacial score (nSPS) is 12.1. The van der Waals surface area contributed by atoms with Gasteiger partial charge in [-0.25, -0.2) is 0 Å². The van der Waals surface area contributed by atoms with E-state index in [1.54, 1.807) is 18.2 Å². The zero-order chi connectivity index (χ0) is 15.8. The highest BCUT2D eigenvalue weighted by Gasteiger charge is 2.13. The Balaban J connectivity index is 3.00. The molecule has 0 radical (unpaired) electrons. The van der Waals surface area contributed by atoms with Gasteiger partial charge in [-0.15, -0.1) is 0 Å². The van der Waals surface area contributed by atoms with E-state index in [0.717, 1.165) is 0 Å². The van der Waals surface area contributed by atoms with Crippen LogP contribution >= 0.6 is 0 Å². The molecule has 0 bridgehead atoms. The average molecular weight is 293 g/mol. The van der Waals surface area contributed by atoms with Crippen LogP contribution in [0.1, 0.15) is 18.4 Å². The zero-order valence-corrected chi connectivity index (χ0v) is 12.0. The lowest BCUT2D eigenvalue weighted by Crippen LogP contribution is -2.27. The number of rotatable bonds is 8. The minimum absolute atomic E-state index is 0.107. The van der Waals surface area contributed by atoms with E-state index in [1.807, 2.05) is 0 Å². The Kier molecular flexibility index (Phi) is 6.19. The number of benzene rings is 1. The Morgan fingerprint density at radius 1 is 1.43 bits per heavy atom. The van der Waals surface area contributed by atoms with Crippen molar-refractivity contribution < 1.29 is 19.4 Å². The summed E-state index contributed by atoms with van der Waals surface area (Å²) >= 11 is 0. The SMILES string of the molecule is COc1cccc(OC)c1C=NC(CCC(=O)O)C(=N)N. The van der Waals surface area contributed by atoms with Crippen LogP contribution < -0.4 is 15.2 Å². The predicted octanol–water partition coefficient (Wildman–Crippen LogP) is 1.29. The number of methoxy groups -OCH3 is 2. The summed E-state index contributed by atoms with van der Waals surface area (Å²) in [5.41, 5.74) is 6.06. The van der Waals surface area contributed by atoms with Crippen LogP contribution in [0, 0.1) is 5.41 Å². The molecule has 0 saturated carbocycles. The molecule has 1 rings (SSSR count). The first-order chi connectivity index (χ1) is 9.99. The van der Waals surface area contributed by atoms with E-state index in [2.05, 4.69) is 4.99 Å². The van der Waals surface area contributed by atoms with E-state index in [-0.39, 0.29) is 18.7 Å². The first-order valence-corrected chi connectivity index (χ1v) is 6.29. The number of carbonyl (C=O) groups is 1. The number of aliphatic carboxylic acids is 1. The van der Waals surface area contributed by atoms with Crippen molar-refractivity contribution in [1.82, 2.24) is 0 Å². The molecule has 0 amide bonds. The summed E-state index contributed by atoms with van der Waals surface area (Å²) in [6, 6.07) is 4.60. The number of hydrogen-bond donors (Lipinski definition) is 3. The van der Waals surface area contributed by atoms with Gasteiger partial charge in [0.15, 0.2) is 0 Å². The van der Waals surface area contributed by atoms with Gasteiger partial charge >= 0.3 is 5.97 Å². The van der Waals surface area contributed by atoms with Crippen molar-refractivity contribution in [1.29, 1.82) is 5.41 Å². The van der Waals surface area contributed by atoms with E-state index in [1.165, 1.54) is 20.4 Å². The number of nitrogens with zero attached hydrogens (tertiary/aromatic N) is 1. The van der Waals surface area contributed by atoms with Crippen molar-refractivity contribution in [3.63, 3.8) is 0 Å². The molecule has 0 aliphatic heterocycles. The molecule has 4 N–H and O–H groups in total. The number of nitrogens with two attached hydrogens (primary N) is 1. The molecular weight excluding hydrogens is 274 g/mol. The number of amidine groups is 1. The third-order valence-corrected chi connectivity index (χ3v) is 2.84. The fraction of sp³-hybridized carbons (Fsp3) is 0.357. The summed E-state index contributed by atoms with van der Waals surface area (Å²) in [5.74, 6) is 0.00459. The first kappa shape index (κ1) is 16.5. The Morgan fingerprint density at radius 2 is 2.00 bits per heavy atom. The van der Waals surface area contributed by atoms with Crippen LogP contribution in [0.25, 0.3) is 0 Å². The molecule has 1 atom stereocenters. The van der Waals surface area contributed by atoms with E-state index in [9.17, 15) is 4.79 Å².